The Morgan fingerprint density at radius 2 is 1.64 bits per heavy atom. The highest BCUT2D eigenvalue weighted by molar-refractivity contribution is 6.12. The van der Waals surface area contributed by atoms with Crippen molar-refractivity contribution >= 4 is 17.5 Å². The van der Waals surface area contributed by atoms with Crippen LogP contribution in [0.1, 0.15) is 16.7 Å². The summed E-state index contributed by atoms with van der Waals surface area (Å²) in [7, 11) is 7.41. The molecule has 0 atom stereocenters. The van der Waals surface area contributed by atoms with Crippen LogP contribution in [0.4, 0.5) is 5.69 Å². The number of methoxy groups -OCH3 is 2. The molecule has 4 nitrogen and oxygen atoms in total. The second kappa shape index (κ2) is 7.43. The van der Waals surface area contributed by atoms with E-state index in [1.807, 2.05) is 20.2 Å². The zero-order valence-corrected chi connectivity index (χ0v) is 15.2. The Kier molecular flexibility index (Phi) is 5.08. The number of rotatable bonds is 5. The Morgan fingerprint density at radius 3 is 2.28 bits per heavy atom. The summed E-state index contributed by atoms with van der Waals surface area (Å²) in [6.45, 7) is 0.793. The van der Waals surface area contributed by atoms with E-state index in [9.17, 15) is 0 Å². The van der Waals surface area contributed by atoms with Gasteiger partial charge in [-0.05, 0) is 47.9 Å². The average molecular weight is 336 g/mol. The molecular formula is C21H24N2O2. The lowest BCUT2D eigenvalue weighted by Crippen LogP contribution is -2.11. The van der Waals surface area contributed by atoms with Crippen LogP contribution in [-0.4, -0.2) is 40.6 Å². The number of fused-ring (bicyclic) bond motifs is 1. The molecule has 0 radical (unpaired) electrons. The van der Waals surface area contributed by atoms with Gasteiger partial charge in [0.15, 0.2) is 11.5 Å². The summed E-state index contributed by atoms with van der Waals surface area (Å²) in [4.78, 5) is 6.78. The van der Waals surface area contributed by atoms with Crippen LogP contribution in [0.25, 0.3) is 6.08 Å². The van der Waals surface area contributed by atoms with Crippen molar-refractivity contribution in [2.24, 2.45) is 4.99 Å². The maximum Gasteiger partial charge on any atom is 0.161 e. The molecule has 130 valence electrons. The normalized spacial score (nSPS) is 13.4. The van der Waals surface area contributed by atoms with Crippen molar-refractivity contribution in [1.82, 2.24) is 0 Å². The third kappa shape index (κ3) is 3.68. The number of hydrogen-bond donors (Lipinski definition) is 0. The van der Waals surface area contributed by atoms with Crippen LogP contribution in [0.3, 0.4) is 0 Å². The van der Waals surface area contributed by atoms with E-state index in [0.29, 0.717) is 0 Å². The Hall–Kier alpha value is -2.75. The molecule has 0 saturated carbocycles. The Balaban J connectivity index is 1.88. The number of nitrogens with zero attached hydrogens (tertiary/aromatic N) is 2. The van der Waals surface area contributed by atoms with E-state index in [2.05, 4.69) is 52.4 Å². The maximum atomic E-state index is 5.44. The monoisotopic (exact) mass is 336 g/mol. The molecule has 1 heterocycles. The average Bonchev–Trinajstić information content (AvgIpc) is 2.65. The summed E-state index contributed by atoms with van der Waals surface area (Å²) >= 11 is 0. The standard InChI is InChI=1S/C21H24N2O2/c1-23(2)17-8-5-15(6-9-17)7-10-19-18-14-21(25-4)20(24-3)13-16(18)11-12-22-19/h5-10,13-14H,11-12H2,1-4H3. The largest absolute Gasteiger partial charge is 0.493 e. The van der Waals surface area contributed by atoms with Crippen LogP contribution in [0.2, 0.25) is 0 Å². The lowest BCUT2D eigenvalue weighted by atomic mass is 9.96. The first-order valence-corrected chi connectivity index (χ1v) is 8.37. The van der Waals surface area contributed by atoms with Gasteiger partial charge < -0.3 is 14.4 Å². The van der Waals surface area contributed by atoms with Gasteiger partial charge in [0.05, 0.1) is 19.9 Å². The molecule has 0 N–H and O–H groups in total. The number of allylic oxidation sites excluding steroid dienone is 1. The van der Waals surface area contributed by atoms with Crippen molar-refractivity contribution in [1.29, 1.82) is 0 Å². The SMILES string of the molecule is COc1cc2c(cc1OC)C(C=Cc1ccc(N(C)C)cc1)=NCC2. The molecule has 1 aliphatic heterocycles. The first kappa shape index (κ1) is 17.1. The number of hydrogen-bond acceptors (Lipinski definition) is 4. The van der Waals surface area contributed by atoms with E-state index in [0.717, 1.165) is 41.3 Å². The van der Waals surface area contributed by atoms with Gasteiger partial charge in [0.2, 0.25) is 0 Å². The Bertz CT molecular complexity index is 805. The number of anilines is 1. The zero-order chi connectivity index (χ0) is 17.8. The summed E-state index contributed by atoms with van der Waals surface area (Å²) in [5.41, 5.74) is 5.69. The fraction of sp³-hybridized carbons (Fsp3) is 0.286. The van der Waals surface area contributed by atoms with Crippen molar-refractivity contribution in [3.8, 4) is 11.5 Å². The quantitative estimate of drug-likeness (QED) is 0.832. The summed E-state index contributed by atoms with van der Waals surface area (Å²) in [6.07, 6.45) is 5.10. The molecule has 1 aliphatic rings. The molecule has 0 unspecified atom stereocenters. The van der Waals surface area contributed by atoms with Crippen LogP contribution < -0.4 is 14.4 Å². The van der Waals surface area contributed by atoms with Gasteiger partial charge in [-0.25, -0.2) is 0 Å². The fourth-order valence-electron chi connectivity index (χ4n) is 2.95. The molecule has 3 rings (SSSR count). The Morgan fingerprint density at radius 1 is 0.960 bits per heavy atom. The zero-order valence-electron chi connectivity index (χ0n) is 15.2. The van der Waals surface area contributed by atoms with Crippen molar-refractivity contribution < 1.29 is 9.47 Å². The number of aliphatic imine (C=N–C) groups is 1. The molecule has 0 fully saturated rings. The van der Waals surface area contributed by atoms with Crippen LogP contribution in [0.15, 0.2) is 47.5 Å². The highest BCUT2D eigenvalue weighted by Gasteiger charge is 2.16. The molecule has 4 heteroatoms. The van der Waals surface area contributed by atoms with Gasteiger partial charge in [0.25, 0.3) is 0 Å². The van der Waals surface area contributed by atoms with E-state index in [4.69, 9.17) is 9.47 Å². The first-order valence-electron chi connectivity index (χ1n) is 8.37. The summed E-state index contributed by atoms with van der Waals surface area (Å²) < 4.78 is 10.9. The van der Waals surface area contributed by atoms with Gasteiger partial charge in [-0.3, -0.25) is 4.99 Å². The van der Waals surface area contributed by atoms with Crippen molar-refractivity contribution in [3.05, 3.63) is 59.2 Å². The lowest BCUT2D eigenvalue weighted by Gasteiger charge is -2.18. The molecule has 25 heavy (non-hydrogen) atoms. The van der Waals surface area contributed by atoms with Crippen LogP contribution in [-0.2, 0) is 6.42 Å². The van der Waals surface area contributed by atoms with Gasteiger partial charge >= 0.3 is 0 Å². The minimum atomic E-state index is 0.736. The molecule has 0 spiro atoms. The van der Waals surface area contributed by atoms with Crippen molar-refractivity contribution in [3.63, 3.8) is 0 Å². The van der Waals surface area contributed by atoms with Gasteiger partial charge in [-0.2, -0.15) is 0 Å². The minimum absolute atomic E-state index is 0.736. The third-order valence-corrected chi connectivity index (χ3v) is 4.39. The summed E-state index contributed by atoms with van der Waals surface area (Å²) in [6, 6.07) is 12.5. The molecule has 2 aromatic carbocycles. The van der Waals surface area contributed by atoms with E-state index in [-0.39, 0.29) is 0 Å². The van der Waals surface area contributed by atoms with Gasteiger partial charge in [-0.1, -0.05) is 18.2 Å². The molecule has 0 aromatic heterocycles. The smallest absolute Gasteiger partial charge is 0.161 e. The molecule has 0 bridgehead atoms. The van der Waals surface area contributed by atoms with Crippen molar-refractivity contribution in [2.45, 2.75) is 6.42 Å². The first-order chi connectivity index (χ1) is 12.1. The van der Waals surface area contributed by atoms with Crippen LogP contribution in [0, 0.1) is 0 Å². The second-order valence-electron chi connectivity index (χ2n) is 6.20. The summed E-state index contributed by atoms with van der Waals surface area (Å²) in [5.74, 6) is 1.50. The maximum absolute atomic E-state index is 5.44. The van der Waals surface area contributed by atoms with Gasteiger partial charge in [0, 0.05) is 31.9 Å². The highest BCUT2D eigenvalue weighted by Crippen LogP contribution is 2.32. The van der Waals surface area contributed by atoms with Crippen LogP contribution >= 0.6 is 0 Å². The molecule has 0 amide bonds. The molecule has 0 saturated heterocycles. The van der Waals surface area contributed by atoms with E-state index < -0.39 is 0 Å². The lowest BCUT2D eigenvalue weighted by molar-refractivity contribution is 0.354. The predicted molar refractivity (Wildman–Crippen MR) is 104 cm³/mol. The van der Waals surface area contributed by atoms with Gasteiger partial charge in [-0.15, -0.1) is 0 Å². The third-order valence-electron chi connectivity index (χ3n) is 4.39. The topological polar surface area (TPSA) is 34.1 Å². The van der Waals surface area contributed by atoms with Crippen LogP contribution in [0.5, 0.6) is 11.5 Å². The highest BCUT2D eigenvalue weighted by atomic mass is 16.5. The molecule has 2 aromatic rings. The minimum Gasteiger partial charge on any atom is -0.493 e. The van der Waals surface area contributed by atoms with E-state index in [1.165, 1.54) is 11.3 Å². The van der Waals surface area contributed by atoms with E-state index >= 15 is 0 Å². The van der Waals surface area contributed by atoms with Crippen molar-refractivity contribution in [2.75, 3.05) is 39.8 Å². The predicted octanol–water partition coefficient (Wildman–Crippen LogP) is 3.83. The second-order valence-corrected chi connectivity index (χ2v) is 6.20. The molecular weight excluding hydrogens is 312 g/mol. The number of benzene rings is 2. The number of ether oxygens (including phenoxy) is 2. The van der Waals surface area contributed by atoms with Gasteiger partial charge in [0.1, 0.15) is 0 Å². The summed E-state index contributed by atoms with van der Waals surface area (Å²) in [5, 5.41) is 0. The Labute approximate surface area is 149 Å². The fourth-order valence-corrected chi connectivity index (χ4v) is 2.95. The van der Waals surface area contributed by atoms with E-state index in [1.54, 1.807) is 14.2 Å². The molecule has 0 aliphatic carbocycles.